The molecule has 1 aromatic rings. The Kier molecular flexibility index (Phi) is 4.83. The zero-order chi connectivity index (χ0) is 13.7. The van der Waals surface area contributed by atoms with Gasteiger partial charge in [-0.25, -0.2) is 0 Å². The van der Waals surface area contributed by atoms with Gasteiger partial charge in [-0.2, -0.15) is 0 Å². The summed E-state index contributed by atoms with van der Waals surface area (Å²) in [4.78, 5) is 0. The first-order valence-electron chi connectivity index (χ1n) is 7.39. The van der Waals surface area contributed by atoms with Gasteiger partial charge in [0.1, 0.15) is 0 Å². The molecule has 0 fully saturated rings. The van der Waals surface area contributed by atoms with Crippen LogP contribution in [0.15, 0.2) is 18.2 Å². The number of para-hydroxylation sites is 1. The van der Waals surface area contributed by atoms with Crippen molar-refractivity contribution in [3.63, 3.8) is 0 Å². The minimum atomic E-state index is 0.0200. The molecule has 19 heavy (non-hydrogen) atoms. The van der Waals surface area contributed by atoms with Gasteiger partial charge in [-0.15, -0.1) is 0 Å². The first-order chi connectivity index (χ1) is 9.18. The number of benzene rings is 1. The Bertz CT molecular complexity index is 419. The van der Waals surface area contributed by atoms with E-state index in [0.29, 0.717) is 0 Å². The summed E-state index contributed by atoms with van der Waals surface area (Å²) in [6, 6.07) is 6.56. The van der Waals surface area contributed by atoms with Gasteiger partial charge in [0.2, 0.25) is 0 Å². The summed E-state index contributed by atoms with van der Waals surface area (Å²) in [6.07, 6.45) is 4.22. The van der Waals surface area contributed by atoms with E-state index in [1.54, 1.807) is 0 Å². The molecular formula is C16H26N2O. The molecule has 0 amide bonds. The summed E-state index contributed by atoms with van der Waals surface area (Å²) < 4.78 is 0. The van der Waals surface area contributed by atoms with Crippen molar-refractivity contribution < 1.29 is 5.11 Å². The van der Waals surface area contributed by atoms with Crippen LogP contribution in [-0.2, 0) is 13.0 Å². The first kappa shape index (κ1) is 14.4. The van der Waals surface area contributed by atoms with Crippen LogP contribution in [0.25, 0.3) is 0 Å². The van der Waals surface area contributed by atoms with E-state index < -0.39 is 0 Å². The summed E-state index contributed by atoms with van der Waals surface area (Å²) in [5.41, 5.74) is 4.12. The number of hydrogen-bond donors (Lipinski definition) is 3. The maximum atomic E-state index is 9.17. The van der Waals surface area contributed by atoms with Gasteiger partial charge >= 0.3 is 0 Å². The van der Waals surface area contributed by atoms with Crippen molar-refractivity contribution in [3.05, 3.63) is 29.3 Å². The third kappa shape index (κ3) is 3.48. The molecule has 0 spiro atoms. The summed E-state index contributed by atoms with van der Waals surface area (Å²) in [6.45, 7) is 6.53. The van der Waals surface area contributed by atoms with Gasteiger partial charge in [0.15, 0.2) is 0 Å². The second-order valence-electron chi connectivity index (χ2n) is 5.72. The van der Waals surface area contributed by atoms with Crippen LogP contribution < -0.4 is 10.6 Å². The second-order valence-corrected chi connectivity index (χ2v) is 5.72. The van der Waals surface area contributed by atoms with Crippen molar-refractivity contribution >= 4 is 5.69 Å². The fourth-order valence-electron chi connectivity index (χ4n) is 2.67. The molecular weight excluding hydrogens is 236 g/mol. The summed E-state index contributed by atoms with van der Waals surface area (Å²) in [5.74, 6) is 0. The smallest absolute Gasteiger partial charge is 0.0448 e. The number of nitrogens with one attached hydrogen (secondary N) is 2. The van der Waals surface area contributed by atoms with Gasteiger partial charge in [0.25, 0.3) is 0 Å². The van der Waals surface area contributed by atoms with Gasteiger partial charge in [0.05, 0.1) is 0 Å². The topological polar surface area (TPSA) is 44.3 Å². The number of anilines is 1. The molecule has 1 aliphatic heterocycles. The molecule has 2 rings (SSSR count). The van der Waals surface area contributed by atoms with Crippen molar-refractivity contribution in [2.24, 2.45) is 0 Å². The molecule has 3 nitrogen and oxygen atoms in total. The largest absolute Gasteiger partial charge is 0.396 e. The van der Waals surface area contributed by atoms with Crippen molar-refractivity contribution in [2.45, 2.75) is 51.6 Å². The normalized spacial score (nSPS) is 17.4. The van der Waals surface area contributed by atoms with E-state index in [1.165, 1.54) is 29.7 Å². The molecule has 0 saturated heterocycles. The van der Waals surface area contributed by atoms with Crippen molar-refractivity contribution in [2.75, 3.05) is 18.5 Å². The van der Waals surface area contributed by atoms with Gasteiger partial charge in [-0.3, -0.25) is 0 Å². The highest BCUT2D eigenvalue weighted by Gasteiger charge is 2.21. The number of hydrogen-bond acceptors (Lipinski definition) is 3. The molecule has 0 aromatic heterocycles. The van der Waals surface area contributed by atoms with Crippen LogP contribution in [0.5, 0.6) is 0 Å². The van der Waals surface area contributed by atoms with Crippen molar-refractivity contribution in [3.8, 4) is 0 Å². The SMILES string of the molecule is CCC(C)(CCO)NCc1cccc2c1NCCC2. The molecule has 1 aliphatic rings. The molecule has 106 valence electrons. The fourth-order valence-corrected chi connectivity index (χ4v) is 2.67. The fraction of sp³-hybridized carbons (Fsp3) is 0.625. The minimum Gasteiger partial charge on any atom is -0.396 e. The lowest BCUT2D eigenvalue weighted by molar-refractivity contribution is 0.214. The highest BCUT2D eigenvalue weighted by molar-refractivity contribution is 5.59. The number of fused-ring (bicyclic) bond motifs is 1. The van der Waals surface area contributed by atoms with E-state index in [9.17, 15) is 0 Å². The average Bonchev–Trinajstić information content (AvgIpc) is 2.45. The molecule has 0 aliphatic carbocycles. The van der Waals surface area contributed by atoms with Gasteiger partial charge < -0.3 is 15.7 Å². The lowest BCUT2D eigenvalue weighted by Gasteiger charge is -2.30. The second kappa shape index (κ2) is 6.40. The van der Waals surface area contributed by atoms with Gasteiger partial charge in [-0.05, 0) is 43.7 Å². The molecule has 0 bridgehead atoms. The maximum absolute atomic E-state index is 9.17. The van der Waals surface area contributed by atoms with Crippen LogP contribution in [0.2, 0.25) is 0 Å². The molecule has 3 heteroatoms. The summed E-state index contributed by atoms with van der Waals surface area (Å²) in [5, 5.41) is 16.3. The molecule has 0 radical (unpaired) electrons. The van der Waals surface area contributed by atoms with Gasteiger partial charge in [-0.1, -0.05) is 25.1 Å². The van der Waals surface area contributed by atoms with E-state index in [1.807, 2.05) is 0 Å². The van der Waals surface area contributed by atoms with E-state index >= 15 is 0 Å². The van der Waals surface area contributed by atoms with Crippen molar-refractivity contribution in [1.29, 1.82) is 0 Å². The Morgan fingerprint density at radius 3 is 3.00 bits per heavy atom. The first-order valence-corrected chi connectivity index (χ1v) is 7.39. The maximum Gasteiger partial charge on any atom is 0.0448 e. The molecule has 3 N–H and O–H groups in total. The van der Waals surface area contributed by atoms with Crippen LogP contribution in [0.4, 0.5) is 5.69 Å². The lowest BCUT2D eigenvalue weighted by atomic mass is 9.93. The standard InChI is InChI=1S/C16H26N2O/c1-3-16(2,9-11-19)18-12-14-7-4-6-13-8-5-10-17-15(13)14/h4,6-7,17-19H,3,5,8-12H2,1-2H3. The highest BCUT2D eigenvalue weighted by atomic mass is 16.3. The van der Waals surface area contributed by atoms with E-state index in [-0.39, 0.29) is 12.1 Å². The highest BCUT2D eigenvalue weighted by Crippen LogP contribution is 2.26. The van der Waals surface area contributed by atoms with Crippen LogP contribution in [0.3, 0.4) is 0 Å². The molecule has 1 aromatic carbocycles. The van der Waals surface area contributed by atoms with Crippen LogP contribution in [-0.4, -0.2) is 23.8 Å². The Balaban J connectivity index is 2.07. The van der Waals surface area contributed by atoms with Crippen LogP contribution >= 0.6 is 0 Å². The number of rotatable bonds is 6. The predicted molar refractivity (Wildman–Crippen MR) is 80.5 cm³/mol. The molecule has 1 atom stereocenters. The molecule has 1 heterocycles. The van der Waals surface area contributed by atoms with E-state index in [0.717, 1.165) is 25.9 Å². The molecule has 0 saturated carbocycles. The van der Waals surface area contributed by atoms with Crippen molar-refractivity contribution in [1.82, 2.24) is 5.32 Å². The monoisotopic (exact) mass is 262 g/mol. The third-order valence-electron chi connectivity index (χ3n) is 4.31. The zero-order valence-electron chi connectivity index (χ0n) is 12.1. The Labute approximate surface area is 116 Å². The quantitative estimate of drug-likeness (QED) is 0.738. The average molecular weight is 262 g/mol. The third-order valence-corrected chi connectivity index (χ3v) is 4.31. The van der Waals surface area contributed by atoms with Gasteiger partial charge in [0, 0.05) is 30.9 Å². The Morgan fingerprint density at radius 1 is 1.42 bits per heavy atom. The van der Waals surface area contributed by atoms with Crippen LogP contribution in [0, 0.1) is 0 Å². The lowest BCUT2D eigenvalue weighted by Crippen LogP contribution is -2.42. The minimum absolute atomic E-state index is 0.0200. The summed E-state index contributed by atoms with van der Waals surface area (Å²) in [7, 11) is 0. The van der Waals surface area contributed by atoms with E-state index in [2.05, 4.69) is 42.7 Å². The number of aliphatic hydroxyl groups excluding tert-OH is 1. The number of aliphatic hydroxyl groups is 1. The zero-order valence-corrected chi connectivity index (χ0v) is 12.1. The van der Waals surface area contributed by atoms with Crippen LogP contribution in [0.1, 0.15) is 44.2 Å². The Hall–Kier alpha value is -1.06. The Morgan fingerprint density at radius 2 is 2.26 bits per heavy atom. The summed E-state index contributed by atoms with van der Waals surface area (Å²) >= 11 is 0. The predicted octanol–water partition coefficient (Wildman–Crippen LogP) is 2.69. The molecule has 1 unspecified atom stereocenters. The van der Waals surface area contributed by atoms with E-state index in [4.69, 9.17) is 5.11 Å². The number of aryl methyl sites for hydroxylation is 1.